The van der Waals surface area contributed by atoms with Gasteiger partial charge < -0.3 is 10.3 Å². The number of hydrogen-bond acceptors (Lipinski definition) is 3. The van der Waals surface area contributed by atoms with Crippen LogP contribution in [-0.4, -0.2) is 21.5 Å². The molecule has 3 aromatic rings. The van der Waals surface area contributed by atoms with E-state index in [1.807, 2.05) is 6.20 Å². The Labute approximate surface area is 179 Å². The molecule has 28 heavy (non-hydrogen) atoms. The number of hydrogen-bond donors (Lipinski definition) is 2. The van der Waals surface area contributed by atoms with Crippen LogP contribution < -0.4 is 5.32 Å². The first kappa shape index (κ1) is 22.7. The van der Waals surface area contributed by atoms with Gasteiger partial charge in [-0.1, -0.05) is 38.2 Å². The molecule has 0 saturated heterocycles. The maximum atomic E-state index is 4.68. The summed E-state index contributed by atoms with van der Waals surface area (Å²) in [7, 11) is 0. The second-order valence-electron chi connectivity index (χ2n) is 7.59. The van der Waals surface area contributed by atoms with Gasteiger partial charge in [0.05, 0.1) is 23.1 Å². The normalized spacial score (nSPS) is 14.5. The lowest BCUT2D eigenvalue weighted by molar-refractivity contribution is 0.333. The largest absolute Gasteiger partial charge is 0.345 e. The van der Waals surface area contributed by atoms with E-state index in [1.54, 1.807) is 6.33 Å². The minimum Gasteiger partial charge on any atom is -0.345 e. The molecule has 1 aromatic carbocycles. The van der Waals surface area contributed by atoms with Crippen molar-refractivity contribution >= 4 is 35.8 Å². The average Bonchev–Trinajstić information content (AvgIpc) is 3.14. The summed E-state index contributed by atoms with van der Waals surface area (Å²) in [6.45, 7) is 4.12. The van der Waals surface area contributed by atoms with Crippen molar-refractivity contribution in [3.8, 4) is 11.1 Å². The Balaban J connectivity index is 0.00000140. The molecule has 0 amide bonds. The Morgan fingerprint density at radius 2 is 1.89 bits per heavy atom. The van der Waals surface area contributed by atoms with Crippen molar-refractivity contribution in [2.75, 3.05) is 6.54 Å². The molecule has 1 saturated carbocycles. The van der Waals surface area contributed by atoms with Gasteiger partial charge in [-0.25, -0.2) is 4.98 Å². The highest BCUT2D eigenvalue weighted by Crippen LogP contribution is 2.27. The number of H-pyrrole nitrogens is 1. The molecule has 0 unspecified atom stereocenters. The molecule has 1 fully saturated rings. The van der Waals surface area contributed by atoms with E-state index in [1.165, 1.54) is 55.2 Å². The number of imidazole rings is 1. The number of fused-ring (bicyclic) bond motifs is 1. The number of nitrogens with one attached hydrogen (secondary N) is 2. The van der Waals surface area contributed by atoms with Crippen molar-refractivity contribution in [2.24, 2.45) is 5.92 Å². The Kier molecular flexibility index (Phi) is 8.74. The van der Waals surface area contributed by atoms with Crippen LogP contribution in [0.5, 0.6) is 0 Å². The molecule has 4 nitrogen and oxygen atoms in total. The van der Waals surface area contributed by atoms with Crippen LogP contribution in [0.1, 0.15) is 49.8 Å². The second-order valence-corrected chi connectivity index (χ2v) is 7.59. The molecule has 0 spiro atoms. The number of pyridine rings is 1. The van der Waals surface area contributed by atoms with E-state index < -0.39 is 0 Å². The smallest absolute Gasteiger partial charge is 0.0931 e. The molecule has 0 bridgehead atoms. The van der Waals surface area contributed by atoms with E-state index in [4.69, 9.17) is 0 Å². The van der Waals surface area contributed by atoms with Crippen LogP contribution in [0, 0.1) is 12.8 Å². The Morgan fingerprint density at radius 1 is 1.07 bits per heavy atom. The van der Waals surface area contributed by atoms with Gasteiger partial charge in [0.1, 0.15) is 0 Å². The van der Waals surface area contributed by atoms with Crippen molar-refractivity contribution in [1.82, 2.24) is 20.3 Å². The molecule has 0 aliphatic heterocycles. The van der Waals surface area contributed by atoms with Gasteiger partial charge in [-0.15, -0.1) is 24.8 Å². The highest BCUT2D eigenvalue weighted by molar-refractivity contribution is 5.85. The third-order valence-corrected chi connectivity index (χ3v) is 5.66. The summed E-state index contributed by atoms with van der Waals surface area (Å²) in [6.07, 6.45) is 12.2. The predicted molar refractivity (Wildman–Crippen MR) is 121 cm³/mol. The molecule has 6 heteroatoms. The first-order valence-electron chi connectivity index (χ1n) is 9.89. The molecule has 1 aliphatic rings. The summed E-state index contributed by atoms with van der Waals surface area (Å²) < 4.78 is 0. The fourth-order valence-corrected chi connectivity index (χ4v) is 4.11. The first-order chi connectivity index (χ1) is 12.8. The quantitative estimate of drug-likeness (QED) is 0.492. The second kappa shape index (κ2) is 10.8. The monoisotopic (exact) mass is 420 g/mol. The van der Waals surface area contributed by atoms with E-state index in [0.29, 0.717) is 0 Å². The zero-order chi connectivity index (χ0) is 17.8. The van der Waals surface area contributed by atoms with Crippen LogP contribution in [0.25, 0.3) is 22.2 Å². The minimum atomic E-state index is 0. The lowest BCUT2D eigenvalue weighted by Gasteiger charge is -2.21. The molecule has 2 aromatic heterocycles. The van der Waals surface area contributed by atoms with Crippen LogP contribution in [0.3, 0.4) is 0 Å². The molecular formula is C22H30Cl2N4. The number of benzene rings is 1. The van der Waals surface area contributed by atoms with Crippen LogP contribution >= 0.6 is 24.8 Å². The van der Waals surface area contributed by atoms with Gasteiger partial charge in [-0.2, -0.15) is 0 Å². The Morgan fingerprint density at radius 3 is 2.68 bits per heavy atom. The number of aromatic amines is 1. The van der Waals surface area contributed by atoms with Gasteiger partial charge in [0.15, 0.2) is 0 Å². The van der Waals surface area contributed by atoms with Crippen molar-refractivity contribution in [1.29, 1.82) is 0 Å². The van der Waals surface area contributed by atoms with Gasteiger partial charge in [-0.3, -0.25) is 4.98 Å². The third-order valence-electron chi connectivity index (χ3n) is 5.66. The summed E-state index contributed by atoms with van der Waals surface area (Å²) in [4.78, 5) is 12.1. The molecule has 2 heterocycles. The van der Waals surface area contributed by atoms with E-state index in [2.05, 4.69) is 51.5 Å². The zero-order valence-corrected chi connectivity index (χ0v) is 18.0. The van der Waals surface area contributed by atoms with Crippen LogP contribution in [0.4, 0.5) is 0 Å². The molecule has 1 aliphatic carbocycles. The molecular weight excluding hydrogens is 391 g/mol. The van der Waals surface area contributed by atoms with Gasteiger partial charge in [0, 0.05) is 18.3 Å². The molecule has 0 atom stereocenters. The maximum absolute atomic E-state index is 4.68. The Hall–Kier alpha value is -1.62. The van der Waals surface area contributed by atoms with Gasteiger partial charge in [-0.05, 0) is 55.1 Å². The number of nitrogens with zero attached hydrogens (tertiary/aromatic N) is 2. The highest BCUT2D eigenvalue weighted by Gasteiger charge is 2.12. The van der Waals surface area contributed by atoms with Crippen LogP contribution in [0.2, 0.25) is 0 Å². The van der Waals surface area contributed by atoms with E-state index in [0.717, 1.165) is 35.7 Å². The summed E-state index contributed by atoms with van der Waals surface area (Å²) in [5, 5.41) is 3.58. The van der Waals surface area contributed by atoms with Crippen molar-refractivity contribution in [3.63, 3.8) is 0 Å². The number of rotatable bonds is 6. The van der Waals surface area contributed by atoms with Crippen molar-refractivity contribution in [3.05, 3.63) is 48.0 Å². The lowest BCUT2D eigenvalue weighted by Crippen LogP contribution is -2.19. The van der Waals surface area contributed by atoms with E-state index in [-0.39, 0.29) is 24.8 Å². The summed E-state index contributed by atoms with van der Waals surface area (Å²) in [5.41, 5.74) is 6.82. The number of aromatic nitrogens is 3. The standard InChI is InChI=1S/C22H28N4.2ClH/c1-16-11-19(13-23-10-9-17-5-3-2-4-6-17)24-14-20(16)18-7-8-21-22(12-18)26-15-25-21;;/h7-8,11-12,14-15,17,23H,2-6,9-10,13H2,1H3,(H,25,26);2*1H. The maximum Gasteiger partial charge on any atom is 0.0931 e. The minimum absolute atomic E-state index is 0. The summed E-state index contributed by atoms with van der Waals surface area (Å²) in [6, 6.07) is 8.53. The van der Waals surface area contributed by atoms with E-state index in [9.17, 15) is 0 Å². The fraction of sp³-hybridized carbons (Fsp3) is 0.455. The molecule has 152 valence electrons. The average molecular weight is 421 g/mol. The Bertz CT molecular complexity index is 872. The van der Waals surface area contributed by atoms with Crippen molar-refractivity contribution in [2.45, 2.75) is 52.0 Å². The topological polar surface area (TPSA) is 53.6 Å². The number of aryl methyl sites for hydroxylation is 1. The first-order valence-corrected chi connectivity index (χ1v) is 9.89. The molecule has 4 rings (SSSR count). The van der Waals surface area contributed by atoms with Crippen LogP contribution in [-0.2, 0) is 6.54 Å². The highest BCUT2D eigenvalue weighted by atomic mass is 35.5. The summed E-state index contributed by atoms with van der Waals surface area (Å²) in [5.74, 6) is 0.936. The zero-order valence-electron chi connectivity index (χ0n) is 16.4. The molecule has 2 N–H and O–H groups in total. The lowest BCUT2D eigenvalue weighted by atomic mass is 9.87. The van der Waals surface area contributed by atoms with Gasteiger partial charge >= 0.3 is 0 Å². The van der Waals surface area contributed by atoms with Crippen molar-refractivity contribution < 1.29 is 0 Å². The van der Waals surface area contributed by atoms with Gasteiger partial charge in [0.2, 0.25) is 0 Å². The van der Waals surface area contributed by atoms with Gasteiger partial charge in [0.25, 0.3) is 0 Å². The summed E-state index contributed by atoms with van der Waals surface area (Å²) >= 11 is 0. The third kappa shape index (κ3) is 5.47. The van der Waals surface area contributed by atoms with E-state index >= 15 is 0 Å². The SMILES string of the molecule is Cc1cc(CNCCC2CCCCC2)ncc1-c1ccc2nc[nH]c2c1.Cl.Cl. The fourth-order valence-electron chi connectivity index (χ4n) is 4.11. The molecule has 0 radical (unpaired) electrons. The number of halogens is 2. The van der Waals surface area contributed by atoms with Crippen LogP contribution in [0.15, 0.2) is 36.8 Å². The predicted octanol–water partition coefficient (Wildman–Crippen LogP) is 5.84.